The molecular formula is C20H27N3O2. The fourth-order valence-corrected chi connectivity index (χ4v) is 2.46. The summed E-state index contributed by atoms with van der Waals surface area (Å²) in [5.74, 6) is 0.921. The summed E-state index contributed by atoms with van der Waals surface area (Å²) in [6.45, 7) is 8.42. The average molecular weight is 341 g/mol. The summed E-state index contributed by atoms with van der Waals surface area (Å²) >= 11 is 0. The Balaban J connectivity index is 2.20. The lowest BCUT2D eigenvalue weighted by atomic mass is 10.0. The van der Waals surface area contributed by atoms with Gasteiger partial charge in [-0.1, -0.05) is 19.9 Å². The Morgan fingerprint density at radius 2 is 1.88 bits per heavy atom. The van der Waals surface area contributed by atoms with Gasteiger partial charge < -0.3 is 21.1 Å². The summed E-state index contributed by atoms with van der Waals surface area (Å²) in [5, 5.41) is 6.37. The SMILES string of the molecule is COc1ccc(NC(=O)c2cccc(NC(C)C(C)C)c2C)cc1N. The quantitative estimate of drug-likeness (QED) is 0.685. The molecule has 0 fully saturated rings. The molecule has 2 aromatic carbocycles. The average Bonchev–Trinajstić information content (AvgIpc) is 2.56. The number of carbonyl (C=O) groups excluding carboxylic acids is 1. The summed E-state index contributed by atoms with van der Waals surface area (Å²) in [4.78, 5) is 12.7. The molecule has 25 heavy (non-hydrogen) atoms. The van der Waals surface area contributed by atoms with Crippen molar-refractivity contribution in [3.8, 4) is 5.75 Å². The van der Waals surface area contributed by atoms with E-state index in [1.807, 2.05) is 25.1 Å². The third kappa shape index (κ3) is 4.44. The maximum absolute atomic E-state index is 12.7. The van der Waals surface area contributed by atoms with Crippen LogP contribution >= 0.6 is 0 Å². The summed E-state index contributed by atoms with van der Waals surface area (Å²) in [7, 11) is 1.56. The van der Waals surface area contributed by atoms with Gasteiger partial charge >= 0.3 is 0 Å². The van der Waals surface area contributed by atoms with Gasteiger partial charge in [-0.2, -0.15) is 0 Å². The van der Waals surface area contributed by atoms with Crippen molar-refractivity contribution in [3.63, 3.8) is 0 Å². The van der Waals surface area contributed by atoms with Gasteiger partial charge in [-0.15, -0.1) is 0 Å². The highest BCUT2D eigenvalue weighted by molar-refractivity contribution is 6.06. The van der Waals surface area contributed by atoms with Gasteiger partial charge in [0, 0.05) is 23.0 Å². The van der Waals surface area contributed by atoms with Crippen molar-refractivity contribution >= 4 is 23.0 Å². The number of methoxy groups -OCH3 is 1. The molecule has 5 nitrogen and oxygen atoms in total. The van der Waals surface area contributed by atoms with E-state index in [-0.39, 0.29) is 5.91 Å². The van der Waals surface area contributed by atoms with Crippen molar-refractivity contribution in [2.75, 3.05) is 23.5 Å². The van der Waals surface area contributed by atoms with Crippen LogP contribution in [-0.4, -0.2) is 19.1 Å². The van der Waals surface area contributed by atoms with E-state index in [0.29, 0.717) is 34.6 Å². The van der Waals surface area contributed by atoms with E-state index in [9.17, 15) is 4.79 Å². The first-order valence-corrected chi connectivity index (χ1v) is 8.44. The van der Waals surface area contributed by atoms with E-state index >= 15 is 0 Å². The smallest absolute Gasteiger partial charge is 0.256 e. The number of nitrogen functional groups attached to an aromatic ring is 1. The molecule has 134 valence electrons. The lowest BCUT2D eigenvalue weighted by Gasteiger charge is -2.21. The van der Waals surface area contributed by atoms with E-state index in [1.165, 1.54) is 0 Å². The molecule has 5 heteroatoms. The first kappa shape index (κ1) is 18.6. The van der Waals surface area contributed by atoms with Crippen molar-refractivity contribution in [3.05, 3.63) is 47.5 Å². The fraction of sp³-hybridized carbons (Fsp3) is 0.350. The molecule has 2 rings (SSSR count). The molecule has 4 N–H and O–H groups in total. The minimum Gasteiger partial charge on any atom is -0.495 e. The van der Waals surface area contributed by atoms with Crippen LogP contribution < -0.4 is 21.1 Å². The normalized spacial score (nSPS) is 11.9. The monoisotopic (exact) mass is 341 g/mol. The molecule has 0 aliphatic heterocycles. The van der Waals surface area contributed by atoms with Crippen LogP contribution in [0.2, 0.25) is 0 Å². The third-order valence-corrected chi connectivity index (χ3v) is 4.45. The van der Waals surface area contributed by atoms with Crippen LogP contribution in [-0.2, 0) is 0 Å². The maximum Gasteiger partial charge on any atom is 0.256 e. The highest BCUT2D eigenvalue weighted by atomic mass is 16.5. The second kappa shape index (κ2) is 7.92. The van der Waals surface area contributed by atoms with Crippen molar-refractivity contribution < 1.29 is 9.53 Å². The number of amides is 1. The highest BCUT2D eigenvalue weighted by Crippen LogP contribution is 2.26. The van der Waals surface area contributed by atoms with Crippen molar-refractivity contribution in [1.82, 2.24) is 0 Å². The molecular weight excluding hydrogens is 314 g/mol. The number of carbonyl (C=O) groups is 1. The first-order chi connectivity index (χ1) is 11.8. The second-order valence-corrected chi connectivity index (χ2v) is 6.57. The number of benzene rings is 2. The van der Waals surface area contributed by atoms with Crippen LogP contribution in [0.25, 0.3) is 0 Å². The molecule has 0 heterocycles. The van der Waals surface area contributed by atoms with E-state index in [1.54, 1.807) is 25.3 Å². The van der Waals surface area contributed by atoms with Crippen LogP contribution in [0.5, 0.6) is 5.75 Å². The van der Waals surface area contributed by atoms with Crippen molar-refractivity contribution in [1.29, 1.82) is 0 Å². The van der Waals surface area contributed by atoms with Gasteiger partial charge in [0.15, 0.2) is 0 Å². The van der Waals surface area contributed by atoms with E-state index in [2.05, 4.69) is 31.4 Å². The lowest BCUT2D eigenvalue weighted by Crippen LogP contribution is -2.23. The van der Waals surface area contributed by atoms with E-state index < -0.39 is 0 Å². The second-order valence-electron chi connectivity index (χ2n) is 6.57. The maximum atomic E-state index is 12.7. The highest BCUT2D eigenvalue weighted by Gasteiger charge is 2.14. The largest absolute Gasteiger partial charge is 0.495 e. The van der Waals surface area contributed by atoms with Gasteiger partial charge in [-0.25, -0.2) is 0 Å². The minimum absolute atomic E-state index is 0.164. The lowest BCUT2D eigenvalue weighted by molar-refractivity contribution is 0.102. The van der Waals surface area contributed by atoms with Crippen LogP contribution in [0.15, 0.2) is 36.4 Å². The summed E-state index contributed by atoms with van der Waals surface area (Å²) in [6, 6.07) is 11.2. The van der Waals surface area contributed by atoms with Gasteiger partial charge in [0.2, 0.25) is 0 Å². The van der Waals surface area contributed by atoms with Gasteiger partial charge in [0.25, 0.3) is 5.91 Å². The molecule has 0 aromatic heterocycles. The fourth-order valence-electron chi connectivity index (χ4n) is 2.46. The number of nitrogens with one attached hydrogen (secondary N) is 2. The predicted molar refractivity (Wildman–Crippen MR) is 104 cm³/mol. The summed E-state index contributed by atoms with van der Waals surface area (Å²) in [6.07, 6.45) is 0. The van der Waals surface area contributed by atoms with Crippen LogP contribution in [0.1, 0.15) is 36.7 Å². The molecule has 1 atom stereocenters. The Kier molecular flexibility index (Phi) is 5.91. The van der Waals surface area contributed by atoms with Gasteiger partial charge in [-0.3, -0.25) is 4.79 Å². The molecule has 0 spiro atoms. The van der Waals surface area contributed by atoms with Crippen LogP contribution in [0.4, 0.5) is 17.1 Å². The Bertz CT molecular complexity index is 757. The standard InChI is InChI=1S/C20H27N3O2/c1-12(2)14(4)22-18-8-6-7-16(13(18)3)20(24)23-15-9-10-19(25-5)17(21)11-15/h6-12,14,22H,21H2,1-5H3,(H,23,24). The number of hydrogen-bond acceptors (Lipinski definition) is 4. The molecule has 1 amide bonds. The number of rotatable bonds is 6. The molecule has 0 radical (unpaired) electrons. The van der Waals surface area contributed by atoms with E-state index in [0.717, 1.165) is 11.3 Å². The third-order valence-electron chi connectivity index (χ3n) is 4.45. The minimum atomic E-state index is -0.164. The molecule has 0 saturated carbocycles. The molecule has 2 aromatic rings. The summed E-state index contributed by atoms with van der Waals surface area (Å²) in [5.41, 5.74) is 9.55. The Hall–Kier alpha value is -2.69. The molecule has 0 aliphatic rings. The molecule has 0 aliphatic carbocycles. The van der Waals surface area contributed by atoms with E-state index in [4.69, 9.17) is 10.5 Å². The number of anilines is 3. The summed E-state index contributed by atoms with van der Waals surface area (Å²) < 4.78 is 5.13. The number of nitrogens with two attached hydrogens (primary N) is 1. The Morgan fingerprint density at radius 1 is 1.16 bits per heavy atom. The van der Waals surface area contributed by atoms with Crippen LogP contribution in [0.3, 0.4) is 0 Å². The zero-order valence-electron chi connectivity index (χ0n) is 15.5. The number of ether oxygens (including phenoxy) is 1. The van der Waals surface area contributed by atoms with Gasteiger partial charge in [-0.05, 0) is 55.7 Å². The van der Waals surface area contributed by atoms with Gasteiger partial charge in [0.1, 0.15) is 5.75 Å². The van der Waals surface area contributed by atoms with Gasteiger partial charge in [0.05, 0.1) is 12.8 Å². The first-order valence-electron chi connectivity index (χ1n) is 8.44. The Labute approximate surface area is 149 Å². The zero-order valence-corrected chi connectivity index (χ0v) is 15.5. The topological polar surface area (TPSA) is 76.4 Å². The molecule has 1 unspecified atom stereocenters. The van der Waals surface area contributed by atoms with Crippen LogP contribution in [0, 0.1) is 12.8 Å². The van der Waals surface area contributed by atoms with Crippen molar-refractivity contribution in [2.24, 2.45) is 5.92 Å². The molecule has 0 saturated heterocycles. The predicted octanol–water partition coefficient (Wildman–Crippen LogP) is 4.29. The van der Waals surface area contributed by atoms with Crippen molar-refractivity contribution in [2.45, 2.75) is 33.7 Å². The molecule has 0 bridgehead atoms. The zero-order chi connectivity index (χ0) is 18.6. The Morgan fingerprint density at radius 3 is 2.48 bits per heavy atom. The number of hydrogen-bond donors (Lipinski definition) is 3.